The number of imidazole rings is 1. The lowest BCUT2D eigenvalue weighted by Crippen LogP contribution is -2.00. The van der Waals surface area contributed by atoms with Crippen LogP contribution in [0.3, 0.4) is 0 Å². The van der Waals surface area contributed by atoms with Gasteiger partial charge in [0.15, 0.2) is 5.65 Å². The number of aromatic carboxylic acids is 1. The van der Waals surface area contributed by atoms with Crippen LogP contribution in [0.4, 0.5) is 0 Å². The molecule has 2 rings (SSSR count). The molecule has 0 aromatic carbocycles. The molecule has 0 spiro atoms. The molecule has 0 unspecified atom stereocenters. The van der Waals surface area contributed by atoms with Crippen LogP contribution in [-0.2, 0) is 6.54 Å². The van der Waals surface area contributed by atoms with E-state index in [9.17, 15) is 4.79 Å². The summed E-state index contributed by atoms with van der Waals surface area (Å²) in [5.74, 6) is -0.129. The van der Waals surface area contributed by atoms with Crippen molar-refractivity contribution in [2.24, 2.45) is 0 Å². The Labute approximate surface area is 86.4 Å². The summed E-state index contributed by atoms with van der Waals surface area (Å²) in [5, 5.41) is 8.80. The summed E-state index contributed by atoms with van der Waals surface area (Å²) < 4.78 is 1.95. The average molecular weight is 205 g/mol. The number of aromatic nitrogens is 3. The van der Waals surface area contributed by atoms with Crippen LogP contribution in [0.15, 0.2) is 12.3 Å². The van der Waals surface area contributed by atoms with Gasteiger partial charge >= 0.3 is 5.97 Å². The number of hydrogen-bond donors (Lipinski definition) is 1. The Morgan fingerprint density at radius 3 is 2.93 bits per heavy atom. The number of hydrogen-bond acceptors (Lipinski definition) is 3. The Bertz CT molecular complexity index is 531. The summed E-state index contributed by atoms with van der Waals surface area (Å²) in [5.41, 5.74) is 1.54. The molecule has 5 nitrogen and oxygen atoms in total. The molecule has 78 valence electrons. The van der Waals surface area contributed by atoms with Crippen molar-refractivity contribution in [1.82, 2.24) is 14.5 Å². The monoisotopic (exact) mass is 205 g/mol. The molecule has 15 heavy (non-hydrogen) atoms. The van der Waals surface area contributed by atoms with Crippen molar-refractivity contribution >= 4 is 17.1 Å². The third kappa shape index (κ3) is 1.45. The molecule has 0 aliphatic carbocycles. The topological polar surface area (TPSA) is 68.0 Å². The Balaban J connectivity index is 2.69. The fourth-order valence-electron chi connectivity index (χ4n) is 1.62. The fourth-order valence-corrected chi connectivity index (χ4v) is 1.62. The van der Waals surface area contributed by atoms with Crippen molar-refractivity contribution in [3.63, 3.8) is 0 Å². The van der Waals surface area contributed by atoms with Crippen LogP contribution in [-0.4, -0.2) is 25.6 Å². The van der Waals surface area contributed by atoms with E-state index in [1.807, 2.05) is 18.4 Å². The number of pyridine rings is 1. The van der Waals surface area contributed by atoms with E-state index >= 15 is 0 Å². The zero-order valence-corrected chi connectivity index (χ0v) is 8.56. The van der Waals surface area contributed by atoms with E-state index < -0.39 is 5.97 Å². The molecule has 0 aliphatic heterocycles. The van der Waals surface area contributed by atoms with Crippen LogP contribution in [0.2, 0.25) is 0 Å². The van der Waals surface area contributed by atoms with E-state index in [2.05, 4.69) is 9.97 Å². The maximum atomic E-state index is 10.7. The van der Waals surface area contributed by atoms with Gasteiger partial charge in [-0.05, 0) is 19.9 Å². The van der Waals surface area contributed by atoms with Crippen molar-refractivity contribution in [3.8, 4) is 0 Å². The van der Waals surface area contributed by atoms with Gasteiger partial charge in [0.1, 0.15) is 11.3 Å². The molecule has 0 saturated heterocycles. The highest BCUT2D eigenvalue weighted by Crippen LogP contribution is 2.14. The van der Waals surface area contributed by atoms with Crippen molar-refractivity contribution in [2.45, 2.75) is 20.4 Å². The van der Waals surface area contributed by atoms with Crippen molar-refractivity contribution in [3.05, 3.63) is 23.7 Å². The van der Waals surface area contributed by atoms with E-state index in [-0.39, 0.29) is 5.56 Å². The minimum absolute atomic E-state index is 0.170. The lowest BCUT2D eigenvalue weighted by atomic mass is 10.3. The standard InChI is InChI=1S/C10H11N3O2/c1-3-13-6(2)12-8-4-7(10(14)15)5-11-9(8)13/h4-5H,3H2,1-2H3,(H,14,15). The first-order chi connectivity index (χ1) is 7.13. The van der Waals surface area contributed by atoms with Crippen molar-refractivity contribution in [2.75, 3.05) is 0 Å². The summed E-state index contributed by atoms with van der Waals surface area (Å²) >= 11 is 0. The van der Waals surface area contributed by atoms with Crippen LogP contribution in [0.1, 0.15) is 23.1 Å². The van der Waals surface area contributed by atoms with E-state index in [4.69, 9.17) is 5.11 Å². The van der Waals surface area contributed by atoms with E-state index in [1.54, 1.807) is 6.07 Å². The molecule has 2 aromatic rings. The number of carboxylic acid groups (broad SMARTS) is 1. The maximum absolute atomic E-state index is 10.7. The lowest BCUT2D eigenvalue weighted by Gasteiger charge is -2.00. The molecule has 0 fully saturated rings. The van der Waals surface area contributed by atoms with Gasteiger partial charge in [-0.15, -0.1) is 0 Å². The maximum Gasteiger partial charge on any atom is 0.337 e. The zero-order valence-electron chi connectivity index (χ0n) is 8.56. The van der Waals surface area contributed by atoms with Crippen LogP contribution < -0.4 is 0 Å². The highest BCUT2D eigenvalue weighted by atomic mass is 16.4. The number of carboxylic acids is 1. The molecule has 2 aromatic heterocycles. The van der Waals surface area contributed by atoms with Gasteiger partial charge in [0, 0.05) is 12.7 Å². The Kier molecular flexibility index (Phi) is 2.15. The number of rotatable bonds is 2. The minimum atomic E-state index is -0.979. The van der Waals surface area contributed by atoms with Crippen LogP contribution in [0.25, 0.3) is 11.2 Å². The summed E-state index contributed by atoms with van der Waals surface area (Å²) in [6, 6.07) is 1.55. The van der Waals surface area contributed by atoms with Crippen LogP contribution in [0.5, 0.6) is 0 Å². The van der Waals surface area contributed by atoms with Gasteiger partial charge in [-0.2, -0.15) is 0 Å². The number of carbonyl (C=O) groups is 1. The third-order valence-electron chi connectivity index (χ3n) is 2.34. The van der Waals surface area contributed by atoms with Gasteiger partial charge in [0.05, 0.1) is 5.56 Å². The molecule has 1 N–H and O–H groups in total. The quantitative estimate of drug-likeness (QED) is 0.805. The van der Waals surface area contributed by atoms with E-state index in [0.29, 0.717) is 5.52 Å². The lowest BCUT2D eigenvalue weighted by molar-refractivity contribution is 0.0696. The first-order valence-corrected chi connectivity index (χ1v) is 4.69. The second-order valence-corrected chi connectivity index (χ2v) is 3.28. The number of nitrogens with zero attached hydrogens (tertiary/aromatic N) is 3. The normalized spacial score (nSPS) is 10.8. The largest absolute Gasteiger partial charge is 0.478 e. The van der Waals surface area contributed by atoms with Crippen molar-refractivity contribution in [1.29, 1.82) is 0 Å². The SMILES string of the molecule is CCn1c(C)nc2cc(C(=O)O)cnc21. The predicted octanol–water partition coefficient (Wildman–Crippen LogP) is 1.46. The molecule has 0 amide bonds. The molecule has 5 heteroatoms. The minimum Gasteiger partial charge on any atom is -0.478 e. The molecule has 0 saturated carbocycles. The molecular weight excluding hydrogens is 194 g/mol. The highest BCUT2D eigenvalue weighted by molar-refractivity contribution is 5.90. The Morgan fingerprint density at radius 2 is 2.33 bits per heavy atom. The summed E-state index contributed by atoms with van der Waals surface area (Å²) in [7, 11) is 0. The molecule has 0 aliphatic rings. The van der Waals surface area contributed by atoms with Gasteiger partial charge in [-0.25, -0.2) is 14.8 Å². The zero-order chi connectivity index (χ0) is 11.0. The number of fused-ring (bicyclic) bond motifs is 1. The van der Waals surface area contributed by atoms with Gasteiger partial charge in [0.25, 0.3) is 0 Å². The number of aryl methyl sites for hydroxylation is 2. The molecule has 0 radical (unpaired) electrons. The fraction of sp³-hybridized carbons (Fsp3) is 0.300. The van der Waals surface area contributed by atoms with Gasteiger partial charge in [-0.1, -0.05) is 0 Å². The van der Waals surface area contributed by atoms with Crippen LogP contribution >= 0.6 is 0 Å². The predicted molar refractivity (Wildman–Crippen MR) is 54.9 cm³/mol. The Hall–Kier alpha value is -1.91. The van der Waals surface area contributed by atoms with Crippen molar-refractivity contribution < 1.29 is 9.90 Å². The summed E-state index contributed by atoms with van der Waals surface area (Å²) in [6.45, 7) is 4.66. The van der Waals surface area contributed by atoms with Gasteiger partial charge in [0.2, 0.25) is 0 Å². The molecule has 2 heterocycles. The second kappa shape index (κ2) is 3.34. The summed E-state index contributed by atoms with van der Waals surface area (Å²) in [6.07, 6.45) is 1.36. The first kappa shape index (κ1) is 9.64. The Morgan fingerprint density at radius 1 is 1.60 bits per heavy atom. The molecular formula is C10H11N3O2. The van der Waals surface area contributed by atoms with E-state index in [0.717, 1.165) is 18.0 Å². The first-order valence-electron chi connectivity index (χ1n) is 4.69. The summed E-state index contributed by atoms with van der Waals surface area (Å²) in [4.78, 5) is 19.1. The van der Waals surface area contributed by atoms with Gasteiger partial charge in [-0.3, -0.25) is 0 Å². The highest BCUT2D eigenvalue weighted by Gasteiger charge is 2.10. The second-order valence-electron chi connectivity index (χ2n) is 3.28. The smallest absolute Gasteiger partial charge is 0.337 e. The molecule has 0 bridgehead atoms. The third-order valence-corrected chi connectivity index (χ3v) is 2.34. The van der Waals surface area contributed by atoms with Crippen LogP contribution in [0, 0.1) is 6.92 Å². The van der Waals surface area contributed by atoms with E-state index in [1.165, 1.54) is 6.20 Å². The van der Waals surface area contributed by atoms with Gasteiger partial charge < -0.3 is 9.67 Å². The average Bonchev–Trinajstić information content (AvgIpc) is 2.51. The molecule has 0 atom stereocenters.